The predicted octanol–water partition coefficient (Wildman–Crippen LogP) is 2.28. The maximum absolute atomic E-state index is 11.2. The molecule has 0 amide bonds. The van der Waals surface area contributed by atoms with Gasteiger partial charge in [-0.1, -0.05) is 12.8 Å². The normalized spacial score (nSPS) is 17.4. The number of nitrogens with zero attached hydrogens (tertiary/aromatic N) is 2. The second kappa shape index (κ2) is 5.46. The van der Waals surface area contributed by atoms with Gasteiger partial charge >= 0.3 is 5.97 Å². The molecule has 0 aliphatic heterocycles. The number of anilines is 1. The molecule has 1 aromatic rings. The van der Waals surface area contributed by atoms with E-state index >= 15 is 0 Å². The number of carboxylic acids is 1. The van der Waals surface area contributed by atoms with E-state index in [0.29, 0.717) is 16.8 Å². The maximum atomic E-state index is 11.2. The third-order valence-corrected chi connectivity index (χ3v) is 3.92. The Morgan fingerprint density at radius 1 is 1.53 bits per heavy atom. The molecular weight excluding hydrogens is 312 g/mol. The van der Waals surface area contributed by atoms with Gasteiger partial charge in [0.25, 0.3) is 0 Å². The van der Waals surface area contributed by atoms with E-state index in [0.717, 1.165) is 25.7 Å². The molecule has 0 saturated heterocycles. The lowest BCUT2D eigenvalue weighted by atomic mass is 10.0. The molecule has 2 N–H and O–H groups in total. The Labute approximate surface area is 120 Å². The van der Waals surface area contributed by atoms with Crippen molar-refractivity contribution < 1.29 is 15.0 Å². The fourth-order valence-corrected chi connectivity index (χ4v) is 2.93. The van der Waals surface area contributed by atoms with Gasteiger partial charge in [0.1, 0.15) is 11.4 Å². The second-order valence-corrected chi connectivity index (χ2v) is 6.03. The smallest absolute Gasteiger partial charge is 0.339 e. The number of hydrogen-bond acceptors (Lipinski definition) is 4. The van der Waals surface area contributed by atoms with Crippen molar-refractivity contribution in [1.82, 2.24) is 4.98 Å². The number of aromatic carboxylic acids is 1. The van der Waals surface area contributed by atoms with Crippen LogP contribution >= 0.6 is 15.9 Å². The van der Waals surface area contributed by atoms with Crippen molar-refractivity contribution in [2.75, 3.05) is 18.5 Å². The van der Waals surface area contributed by atoms with Crippen molar-refractivity contribution in [2.24, 2.45) is 0 Å². The van der Waals surface area contributed by atoms with Gasteiger partial charge in [-0.3, -0.25) is 0 Å². The zero-order valence-electron chi connectivity index (χ0n) is 10.8. The molecule has 6 heteroatoms. The van der Waals surface area contributed by atoms with Gasteiger partial charge in [-0.2, -0.15) is 0 Å². The van der Waals surface area contributed by atoms with Crippen LogP contribution in [0.2, 0.25) is 0 Å². The van der Waals surface area contributed by atoms with E-state index in [9.17, 15) is 15.0 Å². The first-order chi connectivity index (χ1) is 8.91. The highest BCUT2D eigenvalue weighted by Gasteiger charge is 2.33. The number of carboxylic acid groups (broad SMARTS) is 1. The van der Waals surface area contributed by atoms with Crippen LogP contribution in [0.1, 0.15) is 36.0 Å². The van der Waals surface area contributed by atoms with Crippen LogP contribution in [0.15, 0.2) is 16.7 Å². The lowest BCUT2D eigenvalue weighted by Crippen LogP contribution is -2.40. The van der Waals surface area contributed by atoms with E-state index in [1.54, 1.807) is 18.1 Å². The first-order valence-electron chi connectivity index (χ1n) is 6.24. The summed E-state index contributed by atoms with van der Waals surface area (Å²) in [7, 11) is 1.76. The molecule has 0 aromatic carbocycles. The number of pyridine rings is 1. The Hall–Kier alpha value is -1.14. The van der Waals surface area contributed by atoms with Gasteiger partial charge in [0.15, 0.2) is 0 Å². The third kappa shape index (κ3) is 3.25. The SMILES string of the molecule is CN(CC1(O)CCCC1)c1ncc(Br)cc1C(=O)O. The van der Waals surface area contributed by atoms with Gasteiger partial charge in [-0.05, 0) is 34.8 Å². The molecule has 2 rings (SSSR count). The average molecular weight is 329 g/mol. The van der Waals surface area contributed by atoms with Gasteiger partial charge in [-0.15, -0.1) is 0 Å². The molecule has 1 fully saturated rings. The van der Waals surface area contributed by atoms with E-state index in [1.165, 1.54) is 6.07 Å². The molecule has 0 atom stereocenters. The fourth-order valence-electron chi connectivity index (χ4n) is 2.60. The highest BCUT2D eigenvalue weighted by atomic mass is 79.9. The number of carbonyl (C=O) groups is 1. The van der Waals surface area contributed by atoms with E-state index in [2.05, 4.69) is 20.9 Å². The van der Waals surface area contributed by atoms with Crippen LogP contribution in [0.3, 0.4) is 0 Å². The van der Waals surface area contributed by atoms with Crippen molar-refractivity contribution >= 4 is 27.7 Å². The minimum Gasteiger partial charge on any atom is -0.478 e. The Bertz CT molecular complexity index is 487. The topological polar surface area (TPSA) is 73.7 Å². The molecule has 104 valence electrons. The van der Waals surface area contributed by atoms with Crippen molar-refractivity contribution in [2.45, 2.75) is 31.3 Å². The Morgan fingerprint density at radius 3 is 2.74 bits per heavy atom. The lowest BCUT2D eigenvalue weighted by molar-refractivity contribution is 0.0553. The van der Waals surface area contributed by atoms with E-state index in [4.69, 9.17) is 0 Å². The number of aromatic nitrogens is 1. The van der Waals surface area contributed by atoms with Crippen LogP contribution in [-0.4, -0.2) is 40.4 Å². The van der Waals surface area contributed by atoms with Gasteiger partial charge in [-0.25, -0.2) is 9.78 Å². The summed E-state index contributed by atoms with van der Waals surface area (Å²) in [6.07, 6.45) is 5.12. The lowest BCUT2D eigenvalue weighted by Gasteiger charge is -2.30. The maximum Gasteiger partial charge on any atom is 0.339 e. The predicted molar refractivity (Wildman–Crippen MR) is 75.6 cm³/mol. The summed E-state index contributed by atoms with van der Waals surface area (Å²) in [5.41, 5.74) is -0.585. The molecule has 0 spiro atoms. The first-order valence-corrected chi connectivity index (χ1v) is 7.03. The van der Waals surface area contributed by atoms with Gasteiger partial charge in [0, 0.05) is 24.3 Å². The molecule has 1 heterocycles. The van der Waals surface area contributed by atoms with Crippen LogP contribution in [0.4, 0.5) is 5.82 Å². The minimum absolute atomic E-state index is 0.137. The van der Waals surface area contributed by atoms with Crippen LogP contribution in [-0.2, 0) is 0 Å². The summed E-state index contributed by atoms with van der Waals surface area (Å²) < 4.78 is 0.627. The molecule has 0 unspecified atom stereocenters. The summed E-state index contributed by atoms with van der Waals surface area (Å²) >= 11 is 3.22. The fraction of sp³-hybridized carbons (Fsp3) is 0.538. The van der Waals surface area contributed by atoms with Crippen molar-refractivity contribution in [3.63, 3.8) is 0 Å². The molecule has 5 nitrogen and oxygen atoms in total. The van der Waals surface area contributed by atoms with Crippen LogP contribution in [0.25, 0.3) is 0 Å². The zero-order chi connectivity index (χ0) is 14.0. The molecule has 1 aliphatic rings. The molecule has 1 aromatic heterocycles. The number of likely N-dealkylation sites (N-methyl/N-ethyl adjacent to an activating group) is 1. The summed E-state index contributed by atoms with van der Waals surface area (Å²) in [6.45, 7) is 0.405. The van der Waals surface area contributed by atoms with Crippen molar-refractivity contribution in [3.05, 3.63) is 22.3 Å². The zero-order valence-corrected chi connectivity index (χ0v) is 12.4. The minimum atomic E-state index is -1.02. The molecule has 1 saturated carbocycles. The summed E-state index contributed by atoms with van der Waals surface area (Å²) in [5.74, 6) is -0.634. The standard InChI is InChI=1S/C13H17BrN2O3/c1-16(8-13(19)4-2-3-5-13)11-10(12(17)18)6-9(14)7-15-11/h6-7,19H,2-5,8H2,1H3,(H,17,18). The van der Waals surface area contributed by atoms with Crippen molar-refractivity contribution in [3.8, 4) is 0 Å². The Balaban J connectivity index is 2.23. The third-order valence-electron chi connectivity index (χ3n) is 3.49. The molecule has 19 heavy (non-hydrogen) atoms. The van der Waals surface area contributed by atoms with E-state index in [-0.39, 0.29) is 5.56 Å². The Kier molecular flexibility index (Phi) is 4.10. The molecule has 0 bridgehead atoms. The monoisotopic (exact) mass is 328 g/mol. The number of rotatable bonds is 4. The first kappa shape index (κ1) is 14.3. The Morgan fingerprint density at radius 2 is 2.16 bits per heavy atom. The van der Waals surface area contributed by atoms with E-state index in [1.807, 2.05) is 0 Å². The number of halogens is 1. The quantitative estimate of drug-likeness (QED) is 0.887. The molecule has 1 aliphatic carbocycles. The largest absolute Gasteiger partial charge is 0.478 e. The average Bonchev–Trinajstić information content (AvgIpc) is 2.75. The van der Waals surface area contributed by atoms with Gasteiger partial charge in [0.2, 0.25) is 0 Å². The van der Waals surface area contributed by atoms with Gasteiger partial charge < -0.3 is 15.1 Å². The van der Waals surface area contributed by atoms with Crippen LogP contribution in [0.5, 0.6) is 0 Å². The van der Waals surface area contributed by atoms with Gasteiger partial charge in [0.05, 0.1) is 5.60 Å². The highest BCUT2D eigenvalue weighted by Crippen LogP contribution is 2.31. The van der Waals surface area contributed by atoms with Crippen LogP contribution < -0.4 is 4.90 Å². The molecule has 0 radical (unpaired) electrons. The number of hydrogen-bond donors (Lipinski definition) is 2. The van der Waals surface area contributed by atoms with Crippen molar-refractivity contribution in [1.29, 1.82) is 0 Å². The summed E-state index contributed by atoms with van der Waals surface area (Å²) in [6, 6.07) is 1.53. The summed E-state index contributed by atoms with van der Waals surface area (Å²) in [4.78, 5) is 17.1. The van der Waals surface area contributed by atoms with Crippen LogP contribution in [0, 0.1) is 0 Å². The highest BCUT2D eigenvalue weighted by molar-refractivity contribution is 9.10. The number of aliphatic hydroxyl groups is 1. The molecular formula is C13H17BrN2O3. The van der Waals surface area contributed by atoms with E-state index < -0.39 is 11.6 Å². The summed E-state index contributed by atoms with van der Waals surface area (Å²) in [5, 5.41) is 19.6. The second-order valence-electron chi connectivity index (χ2n) is 5.12.